The van der Waals surface area contributed by atoms with Crippen molar-refractivity contribution >= 4 is 0 Å². The van der Waals surface area contributed by atoms with Gasteiger partial charge >= 0.3 is 0 Å². The van der Waals surface area contributed by atoms with Gasteiger partial charge in [0.05, 0.1) is 5.66 Å². The molecular formula is C10H22N2. The molecule has 0 heterocycles. The molecule has 0 radical (unpaired) electrons. The van der Waals surface area contributed by atoms with Gasteiger partial charge in [-0.1, -0.05) is 20.3 Å². The van der Waals surface area contributed by atoms with Gasteiger partial charge in [0, 0.05) is 0 Å². The molecule has 1 rings (SSSR count). The Balaban J connectivity index is 2.36. The van der Waals surface area contributed by atoms with E-state index in [1.165, 1.54) is 19.3 Å². The van der Waals surface area contributed by atoms with Crippen LogP contribution < -0.4 is 11.5 Å². The third-order valence-electron chi connectivity index (χ3n) is 3.41. The van der Waals surface area contributed by atoms with Crippen molar-refractivity contribution in [2.75, 3.05) is 0 Å². The maximum atomic E-state index is 5.86. The van der Waals surface area contributed by atoms with Crippen LogP contribution in [-0.2, 0) is 0 Å². The summed E-state index contributed by atoms with van der Waals surface area (Å²) < 4.78 is 0. The Labute approximate surface area is 75.7 Å². The summed E-state index contributed by atoms with van der Waals surface area (Å²) in [5, 5.41) is 0. The lowest BCUT2D eigenvalue weighted by Gasteiger charge is -2.36. The zero-order valence-corrected chi connectivity index (χ0v) is 8.34. The van der Waals surface area contributed by atoms with Crippen molar-refractivity contribution in [2.45, 2.75) is 51.6 Å². The average Bonchev–Trinajstić information content (AvgIpc) is 2.03. The first-order valence-corrected chi connectivity index (χ1v) is 5.13. The van der Waals surface area contributed by atoms with Crippen LogP contribution in [-0.4, -0.2) is 5.66 Å². The zero-order valence-electron chi connectivity index (χ0n) is 8.34. The second-order valence-electron chi connectivity index (χ2n) is 4.46. The summed E-state index contributed by atoms with van der Waals surface area (Å²) in [6.07, 6.45) is 5.74. The Hall–Kier alpha value is -0.0800. The van der Waals surface area contributed by atoms with Crippen molar-refractivity contribution < 1.29 is 0 Å². The number of rotatable bonds is 2. The van der Waals surface area contributed by atoms with E-state index in [-0.39, 0.29) is 5.66 Å². The van der Waals surface area contributed by atoms with Crippen LogP contribution in [0.4, 0.5) is 0 Å². The van der Waals surface area contributed by atoms with Crippen LogP contribution in [0.15, 0.2) is 0 Å². The van der Waals surface area contributed by atoms with Gasteiger partial charge < -0.3 is 11.5 Å². The summed E-state index contributed by atoms with van der Waals surface area (Å²) in [5.41, 5.74) is 11.4. The normalized spacial score (nSPS) is 27.0. The monoisotopic (exact) mass is 170 g/mol. The fourth-order valence-corrected chi connectivity index (χ4v) is 2.08. The van der Waals surface area contributed by atoms with Gasteiger partial charge in [-0.2, -0.15) is 0 Å². The van der Waals surface area contributed by atoms with Gasteiger partial charge in [0.1, 0.15) is 0 Å². The Kier molecular flexibility index (Phi) is 3.13. The Morgan fingerprint density at radius 2 is 1.83 bits per heavy atom. The summed E-state index contributed by atoms with van der Waals surface area (Å²) in [7, 11) is 0. The standard InChI is InChI=1S/C10H22N2/c1-3-8(2)9-4-6-10(11,12)7-5-9/h8-9H,3-7,11-12H2,1-2H3. The largest absolute Gasteiger partial charge is 0.313 e. The van der Waals surface area contributed by atoms with Gasteiger partial charge in [-0.3, -0.25) is 0 Å². The van der Waals surface area contributed by atoms with Crippen molar-refractivity contribution in [1.82, 2.24) is 0 Å². The van der Waals surface area contributed by atoms with Crippen LogP contribution in [0.3, 0.4) is 0 Å². The van der Waals surface area contributed by atoms with Crippen LogP contribution >= 0.6 is 0 Å². The second-order valence-corrected chi connectivity index (χ2v) is 4.46. The van der Waals surface area contributed by atoms with Crippen LogP contribution in [0.5, 0.6) is 0 Å². The number of hydrogen-bond acceptors (Lipinski definition) is 2. The number of nitrogens with two attached hydrogens (primary N) is 2. The molecule has 0 amide bonds. The van der Waals surface area contributed by atoms with Gasteiger partial charge in [-0.05, 0) is 37.5 Å². The highest BCUT2D eigenvalue weighted by Gasteiger charge is 2.29. The zero-order chi connectivity index (χ0) is 9.19. The van der Waals surface area contributed by atoms with Gasteiger partial charge in [0.2, 0.25) is 0 Å². The smallest absolute Gasteiger partial charge is 0.0636 e. The molecule has 1 fully saturated rings. The molecule has 12 heavy (non-hydrogen) atoms. The van der Waals surface area contributed by atoms with E-state index in [9.17, 15) is 0 Å². The Morgan fingerprint density at radius 1 is 1.33 bits per heavy atom. The van der Waals surface area contributed by atoms with E-state index in [0.29, 0.717) is 0 Å². The molecule has 0 spiro atoms. The van der Waals surface area contributed by atoms with E-state index in [1.54, 1.807) is 0 Å². The van der Waals surface area contributed by atoms with Gasteiger partial charge in [-0.15, -0.1) is 0 Å². The summed E-state index contributed by atoms with van der Waals surface area (Å²) in [4.78, 5) is 0. The van der Waals surface area contributed by atoms with Gasteiger partial charge in [0.25, 0.3) is 0 Å². The van der Waals surface area contributed by atoms with Crippen molar-refractivity contribution in [3.63, 3.8) is 0 Å². The Morgan fingerprint density at radius 3 is 2.25 bits per heavy atom. The van der Waals surface area contributed by atoms with Gasteiger partial charge in [0.15, 0.2) is 0 Å². The predicted octanol–water partition coefficient (Wildman–Crippen LogP) is 1.84. The molecule has 0 aromatic heterocycles. The molecule has 2 nitrogen and oxygen atoms in total. The second kappa shape index (κ2) is 3.75. The molecule has 0 aromatic rings. The molecule has 1 atom stereocenters. The highest BCUT2D eigenvalue weighted by atomic mass is 15.0. The number of hydrogen-bond donors (Lipinski definition) is 2. The third-order valence-corrected chi connectivity index (χ3v) is 3.41. The fraction of sp³-hybridized carbons (Fsp3) is 1.00. The maximum absolute atomic E-state index is 5.86. The van der Waals surface area contributed by atoms with Crippen LogP contribution in [0.1, 0.15) is 46.0 Å². The average molecular weight is 170 g/mol. The molecule has 0 saturated heterocycles. The molecule has 4 N–H and O–H groups in total. The fourth-order valence-electron chi connectivity index (χ4n) is 2.08. The van der Waals surface area contributed by atoms with Crippen LogP contribution in [0, 0.1) is 11.8 Å². The van der Waals surface area contributed by atoms with Crippen molar-refractivity contribution in [3.05, 3.63) is 0 Å². The first kappa shape index (κ1) is 10.0. The van der Waals surface area contributed by atoms with E-state index in [2.05, 4.69) is 13.8 Å². The third kappa shape index (κ3) is 2.46. The summed E-state index contributed by atoms with van der Waals surface area (Å²) in [6.45, 7) is 4.60. The van der Waals surface area contributed by atoms with Crippen LogP contribution in [0.2, 0.25) is 0 Å². The predicted molar refractivity (Wildman–Crippen MR) is 52.5 cm³/mol. The van der Waals surface area contributed by atoms with Crippen LogP contribution in [0.25, 0.3) is 0 Å². The molecule has 0 aromatic carbocycles. The SMILES string of the molecule is CCC(C)C1CCC(N)(N)CC1. The van der Waals surface area contributed by atoms with Crippen molar-refractivity contribution in [2.24, 2.45) is 23.3 Å². The Bertz CT molecular complexity index is 133. The molecule has 0 bridgehead atoms. The first-order chi connectivity index (χ1) is 5.55. The molecule has 72 valence electrons. The van der Waals surface area contributed by atoms with E-state index >= 15 is 0 Å². The molecule has 0 aliphatic heterocycles. The first-order valence-electron chi connectivity index (χ1n) is 5.13. The summed E-state index contributed by atoms with van der Waals surface area (Å²) in [5.74, 6) is 1.72. The van der Waals surface area contributed by atoms with E-state index in [1.807, 2.05) is 0 Å². The van der Waals surface area contributed by atoms with E-state index in [4.69, 9.17) is 11.5 Å². The highest BCUT2D eigenvalue weighted by molar-refractivity contribution is 4.85. The lowest BCUT2D eigenvalue weighted by Crippen LogP contribution is -2.52. The maximum Gasteiger partial charge on any atom is 0.0636 e. The lowest BCUT2D eigenvalue weighted by molar-refractivity contribution is 0.188. The minimum absolute atomic E-state index is 0.357. The van der Waals surface area contributed by atoms with E-state index < -0.39 is 0 Å². The minimum atomic E-state index is -0.357. The molecular weight excluding hydrogens is 148 g/mol. The minimum Gasteiger partial charge on any atom is -0.313 e. The molecule has 1 aliphatic rings. The summed E-state index contributed by atoms with van der Waals surface area (Å²) >= 11 is 0. The molecule has 1 unspecified atom stereocenters. The van der Waals surface area contributed by atoms with E-state index in [0.717, 1.165) is 24.7 Å². The topological polar surface area (TPSA) is 52.0 Å². The van der Waals surface area contributed by atoms with Crippen molar-refractivity contribution in [3.8, 4) is 0 Å². The molecule has 1 aliphatic carbocycles. The quantitative estimate of drug-likeness (QED) is 0.621. The molecule has 1 saturated carbocycles. The lowest BCUT2D eigenvalue weighted by atomic mass is 9.76. The molecule has 2 heteroatoms. The highest BCUT2D eigenvalue weighted by Crippen LogP contribution is 2.33. The van der Waals surface area contributed by atoms with Gasteiger partial charge in [-0.25, -0.2) is 0 Å². The van der Waals surface area contributed by atoms with Crippen molar-refractivity contribution in [1.29, 1.82) is 0 Å². The summed E-state index contributed by atoms with van der Waals surface area (Å²) in [6, 6.07) is 0.